The van der Waals surface area contributed by atoms with Gasteiger partial charge in [0, 0.05) is 6.42 Å². The van der Waals surface area contributed by atoms with E-state index in [2.05, 4.69) is 42.3 Å². The maximum atomic E-state index is 2.63. The summed E-state index contributed by atoms with van der Waals surface area (Å²) in [4.78, 5) is 0. The van der Waals surface area contributed by atoms with Crippen molar-refractivity contribution in [3.63, 3.8) is 0 Å². The van der Waals surface area contributed by atoms with Crippen molar-refractivity contribution in [2.75, 3.05) is 0 Å². The minimum Gasteiger partial charge on any atom is -0.234 e. The maximum absolute atomic E-state index is 2.63. The van der Waals surface area contributed by atoms with E-state index in [1.807, 2.05) is 0 Å². The molecule has 0 radical (unpaired) electrons. The van der Waals surface area contributed by atoms with Crippen LogP contribution < -0.4 is 4.57 Å². The van der Waals surface area contributed by atoms with Gasteiger partial charge in [0.05, 0.1) is 13.1 Å². The van der Waals surface area contributed by atoms with Crippen LogP contribution in [-0.2, 0) is 19.5 Å². The molecule has 0 bridgehead atoms. The summed E-state index contributed by atoms with van der Waals surface area (Å²) in [6.45, 7) is 9.40. The van der Waals surface area contributed by atoms with Crippen molar-refractivity contribution < 1.29 is 4.57 Å². The summed E-state index contributed by atoms with van der Waals surface area (Å²) < 4.78 is 5.26. The molecule has 0 saturated heterocycles. The number of hydrogen-bond acceptors (Lipinski definition) is 0. The molecule has 0 aliphatic carbocycles. The lowest BCUT2D eigenvalue weighted by atomic mass is 10.1. The molecule has 0 fully saturated rings. The Bertz CT molecular complexity index is 619. The number of aryl methyl sites for hydroxylation is 2. The molecule has 1 aromatic rings. The number of rotatable bonds is 32. The molecule has 1 aromatic heterocycles. The average Bonchev–Trinajstić information content (AvgIpc) is 3.35. The van der Waals surface area contributed by atoms with E-state index in [4.69, 9.17) is 0 Å². The number of unbranched alkanes of at least 4 members (excludes halogenated alkanes) is 26. The quantitative estimate of drug-likeness (QED) is 0.0613. The topological polar surface area (TPSA) is 8.81 Å². The van der Waals surface area contributed by atoms with Gasteiger partial charge in [0.2, 0.25) is 0 Å². The van der Waals surface area contributed by atoms with E-state index in [9.17, 15) is 0 Å². The van der Waals surface area contributed by atoms with Crippen LogP contribution in [0.2, 0.25) is 0 Å². The normalized spacial score (nSPS) is 11.6. The molecule has 2 nitrogen and oxygen atoms in total. The molecular weight excluding hydrogens is 484 g/mol. The van der Waals surface area contributed by atoms with Gasteiger partial charge in [-0.05, 0) is 32.1 Å². The molecule has 0 aliphatic heterocycles. The second kappa shape index (κ2) is 29.7. The third-order valence-corrected chi connectivity index (χ3v) is 9.10. The first-order chi connectivity index (χ1) is 19.8. The fourth-order valence-electron chi connectivity index (χ4n) is 6.33. The number of hydrogen-bond donors (Lipinski definition) is 0. The Morgan fingerprint density at radius 3 is 1.20 bits per heavy atom. The van der Waals surface area contributed by atoms with E-state index in [0.29, 0.717) is 0 Å². The average molecular weight is 560 g/mol. The van der Waals surface area contributed by atoms with Gasteiger partial charge in [-0.3, -0.25) is 0 Å². The predicted molar refractivity (Wildman–Crippen MR) is 179 cm³/mol. The summed E-state index contributed by atoms with van der Waals surface area (Å²) in [5.41, 5.74) is 0. The van der Waals surface area contributed by atoms with Gasteiger partial charge in [-0.1, -0.05) is 175 Å². The first kappa shape index (κ1) is 37.2. The van der Waals surface area contributed by atoms with E-state index in [1.165, 1.54) is 206 Å². The smallest absolute Gasteiger partial charge is 0.234 e. The molecular formula is C38H75N2+. The Morgan fingerprint density at radius 1 is 0.425 bits per heavy atom. The summed E-state index contributed by atoms with van der Waals surface area (Å²) in [7, 11) is 0. The van der Waals surface area contributed by atoms with Crippen molar-refractivity contribution in [1.82, 2.24) is 4.57 Å². The number of imidazole rings is 1. The molecule has 236 valence electrons. The molecule has 1 heterocycles. The van der Waals surface area contributed by atoms with E-state index >= 15 is 0 Å². The molecule has 0 saturated carbocycles. The Hall–Kier alpha value is -0.790. The predicted octanol–water partition coefficient (Wildman–Crippen LogP) is 12.7. The summed E-state index contributed by atoms with van der Waals surface area (Å²) in [6, 6.07) is 0. The SMILES string of the molecule is CCCCCCCCCCCCCc1n(CCCCCCCCCC)cc[n+]1CCCCCCCCCCCC. The van der Waals surface area contributed by atoms with Gasteiger partial charge in [0.25, 0.3) is 5.82 Å². The fourth-order valence-corrected chi connectivity index (χ4v) is 6.33. The molecule has 0 aliphatic rings. The molecule has 0 amide bonds. The highest BCUT2D eigenvalue weighted by molar-refractivity contribution is 4.84. The standard InChI is InChI=1S/C38H75N2/c1-4-7-10-13-16-19-21-22-24-27-30-33-38-39(34-31-28-25-18-15-12-9-6-3)36-37-40(38)35-32-29-26-23-20-17-14-11-8-5-2/h36-37H,4-35H2,1-3H3/q+1. The third kappa shape index (κ3) is 21.9. The van der Waals surface area contributed by atoms with Gasteiger partial charge in [-0.15, -0.1) is 0 Å². The van der Waals surface area contributed by atoms with Gasteiger partial charge in [0.15, 0.2) is 0 Å². The Labute approximate surface area is 253 Å². The number of aromatic nitrogens is 2. The molecule has 0 N–H and O–H groups in total. The van der Waals surface area contributed by atoms with Crippen LogP contribution in [0.5, 0.6) is 0 Å². The van der Waals surface area contributed by atoms with Crippen molar-refractivity contribution in [2.24, 2.45) is 0 Å². The molecule has 2 heteroatoms. The summed E-state index contributed by atoms with van der Waals surface area (Å²) in [5.74, 6) is 1.62. The third-order valence-electron chi connectivity index (χ3n) is 9.10. The first-order valence-corrected chi connectivity index (χ1v) is 18.9. The first-order valence-electron chi connectivity index (χ1n) is 18.9. The minimum absolute atomic E-state index is 1.23. The maximum Gasteiger partial charge on any atom is 0.256 e. The highest BCUT2D eigenvalue weighted by Crippen LogP contribution is 2.15. The highest BCUT2D eigenvalue weighted by atomic mass is 15.1. The van der Waals surface area contributed by atoms with Crippen molar-refractivity contribution in [3.8, 4) is 0 Å². The van der Waals surface area contributed by atoms with Gasteiger partial charge in [-0.2, -0.15) is 0 Å². The van der Waals surface area contributed by atoms with Crippen LogP contribution in [0.1, 0.15) is 213 Å². The van der Waals surface area contributed by atoms with Crippen LogP contribution in [-0.4, -0.2) is 4.57 Å². The highest BCUT2D eigenvalue weighted by Gasteiger charge is 2.16. The van der Waals surface area contributed by atoms with E-state index in [1.54, 1.807) is 5.82 Å². The Balaban J connectivity index is 2.32. The van der Waals surface area contributed by atoms with Gasteiger partial charge < -0.3 is 0 Å². The fraction of sp³-hybridized carbons (Fsp3) is 0.921. The molecule has 0 aromatic carbocycles. The van der Waals surface area contributed by atoms with E-state index in [-0.39, 0.29) is 0 Å². The summed E-state index contributed by atoms with van der Waals surface area (Å²) in [6.07, 6.45) is 47.4. The van der Waals surface area contributed by atoms with Gasteiger partial charge >= 0.3 is 0 Å². The van der Waals surface area contributed by atoms with E-state index in [0.717, 1.165) is 0 Å². The van der Waals surface area contributed by atoms with Crippen LogP contribution in [0.3, 0.4) is 0 Å². The molecule has 0 unspecified atom stereocenters. The van der Waals surface area contributed by atoms with E-state index < -0.39 is 0 Å². The largest absolute Gasteiger partial charge is 0.256 e. The zero-order valence-electron chi connectivity index (χ0n) is 28.2. The molecule has 0 atom stereocenters. The van der Waals surface area contributed by atoms with Crippen LogP contribution in [0.25, 0.3) is 0 Å². The second-order valence-electron chi connectivity index (χ2n) is 13.0. The van der Waals surface area contributed by atoms with Crippen molar-refractivity contribution >= 4 is 0 Å². The van der Waals surface area contributed by atoms with Crippen molar-refractivity contribution in [1.29, 1.82) is 0 Å². The van der Waals surface area contributed by atoms with Crippen LogP contribution >= 0.6 is 0 Å². The van der Waals surface area contributed by atoms with Crippen molar-refractivity contribution in [2.45, 2.75) is 226 Å². The summed E-state index contributed by atoms with van der Waals surface area (Å²) >= 11 is 0. The molecule has 0 spiro atoms. The minimum atomic E-state index is 1.23. The Morgan fingerprint density at radius 2 is 0.775 bits per heavy atom. The number of nitrogens with zero attached hydrogens (tertiary/aromatic N) is 2. The summed E-state index contributed by atoms with van der Waals surface area (Å²) in [5, 5.41) is 0. The van der Waals surface area contributed by atoms with Crippen LogP contribution in [0.4, 0.5) is 0 Å². The lowest BCUT2D eigenvalue weighted by molar-refractivity contribution is -0.704. The second-order valence-corrected chi connectivity index (χ2v) is 13.0. The lowest BCUT2D eigenvalue weighted by Gasteiger charge is -2.07. The lowest BCUT2D eigenvalue weighted by Crippen LogP contribution is -2.37. The van der Waals surface area contributed by atoms with Crippen molar-refractivity contribution in [3.05, 3.63) is 18.2 Å². The zero-order chi connectivity index (χ0) is 28.8. The molecule has 1 rings (SSSR count). The van der Waals surface area contributed by atoms with Gasteiger partial charge in [-0.25, -0.2) is 9.13 Å². The zero-order valence-corrected chi connectivity index (χ0v) is 28.2. The molecule has 40 heavy (non-hydrogen) atoms. The van der Waals surface area contributed by atoms with Crippen LogP contribution in [0.15, 0.2) is 12.4 Å². The Kier molecular flexibility index (Phi) is 27.6. The van der Waals surface area contributed by atoms with Gasteiger partial charge in [0.1, 0.15) is 12.4 Å². The monoisotopic (exact) mass is 560 g/mol. The van der Waals surface area contributed by atoms with Crippen LogP contribution in [0, 0.1) is 0 Å².